The second kappa shape index (κ2) is 9.96. The van der Waals surface area contributed by atoms with Gasteiger partial charge in [0.05, 0.1) is 0 Å². The number of nitrogens with zero attached hydrogens (tertiary/aromatic N) is 5. The molecule has 0 spiro atoms. The molecule has 2 aliphatic rings. The molecule has 1 aromatic rings. The van der Waals surface area contributed by atoms with Crippen LogP contribution >= 0.6 is 0 Å². The Labute approximate surface area is 162 Å². The van der Waals surface area contributed by atoms with E-state index in [-0.39, 0.29) is 5.91 Å². The van der Waals surface area contributed by atoms with Gasteiger partial charge in [-0.25, -0.2) is 9.97 Å². The summed E-state index contributed by atoms with van der Waals surface area (Å²) in [5.74, 6) is 0.874. The van der Waals surface area contributed by atoms with Gasteiger partial charge in [-0.15, -0.1) is 0 Å². The van der Waals surface area contributed by atoms with Crippen LogP contribution in [-0.4, -0.2) is 84.6 Å². The van der Waals surface area contributed by atoms with Crippen molar-refractivity contribution in [2.45, 2.75) is 38.3 Å². The van der Waals surface area contributed by atoms with E-state index in [1.165, 1.54) is 12.8 Å². The first-order valence-electron chi connectivity index (χ1n) is 10.1. The quantitative estimate of drug-likeness (QED) is 0.696. The monoisotopic (exact) mass is 375 g/mol. The summed E-state index contributed by atoms with van der Waals surface area (Å²) in [6.07, 6.45) is 7.84. The molecule has 1 amide bonds. The number of hydrogen-bond donors (Lipinski definition) is 2. The van der Waals surface area contributed by atoms with Crippen LogP contribution in [0.2, 0.25) is 0 Å². The van der Waals surface area contributed by atoms with E-state index in [4.69, 9.17) is 5.73 Å². The van der Waals surface area contributed by atoms with Crippen LogP contribution in [0.3, 0.4) is 0 Å². The maximum atomic E-state index is 11.7. The summed E-state index contributed by atoms with van der Waals surface area (Å²) >= 11 is 0. The largest absolute Gasteiger partial charge is 0.354 e. The summed E-state index contributed by atoms with van der Waals surface area (Å²) < 4.78 is 0. The van der Waals surface area contributed by atoms with Crippen molar-refractivity contribution in [1.29, 1.82) is 0 Å². The third kappa shape index (κ3) is 5.85. The van der Waals surface area contributed by atoms with Gasteiger partial charge in [0, 0.05) is 76.2 Å². The fourth-order valence-electron chi connectivity index (χ4n) is 3.78. The Bertz CT molecular complexity index is 586. The second-order valence-electron chi connectivity index (χ2n) is 7.64. The number of likely N-dealkylation sites (N-methyl/N-ethyl adjacent to an activating group) is 1. The zero-order valence-electron chi connectivity index (χ0n) is 16.4. The Hall–Kier alpha value is -1.77. The summed E-state index contributed by atoms with van der Waals surface area (Å²) in [7, 11) is 2.15. The minimum absolute atomic E-state index is 0.0443. The minimum atomic E-state index is 0.0443. The molecule has 2 saturated heterocycles. The van der Waals surface area contributed by atoms with Crippen LogP contribution in [0.5, 0.6) is 0 Å². The molecular weight excluding hydrogens is 342 g/mol. The predicted molar refractivity (Wildman–Crippen MR) is 106 cm³/mol. The standard InChI is InChI=1S/C19H33N7O/c1-24-8-10-25(11-9-24)19-22-12-16(13-23-19)15-26-7-3-2-4-17(26)14-21-18(27)5-6-20/h12-13,17H,2-11,14-15,20H2,1H3,(H,21,27). The van der Waals surface area contributed by atoms with E-state index in [1.807, 2.05) is 12.4 Å². The van der Waals surface area contributed by atoms with Crippen molar-refractivity contribution in [3.05, 3.63) is 18.0 Å². The lowest BCUT2D eigenvalue weighted by molar-refractivity contribution is -0.121. The number of rotatable bonds is 7. The first-order chi connectivity index (χ1) is 13.2. The van der Waals surface area contributed by atoms with E-state index in [0.717, 1.165) is 57.2 Å². The lowest BCUT2D eigenvalue weighted by atomic mass is 10.0. The van der Waals surface area contributed by atoms with Crippen LogP contribution in [0.4, 0.5) is 5.95 Å². The first-order valence-corrected chi connectivity index (χ1v) is 10.1. The minimum Gasteiger partial charge on any atom is -0.354 e. The summed E-state index contributed by atoms with van der Waals surface area (Å²) in [5.41, 5.74) is 6.58. The molecule has 0 aromatic carbocycles. The van der Waals surface area contributed by atoms with Gasteiger partial charge in [0.2, 0.25) is 11.9 Å². The van der Waals surface area contributed by atoms with Crippen LogP contribution in [0.15, 0.2) is 12.4 Å². The van der Waals surface area contributed by atoms with Crippen molar-refractivity contribution in [3.8, 4) is 0 Å². The zero-order chi connectivity index (χ0) is 19.1. The van der Waals surface area contributed by atoms with Gasteiger partial charge in [-0.3, -0.25) is 9.69 Å². The van der Waals surface area contributed by atoms with Crippen molar-refractivity contribution in [2.24, 2.45) is 5.73 Å². The zero-order valence-corrected chi connectivity index (χ0v) is 16.4. The van der Waals surface area contributed by atoms with Gasteiger partial charge in [0.15, 0.2) is 0 Å². The van der Waals surface area contributed by atoms with Crippen molar-refractivity contribution in [2.75, 3.05) is 57.8 Å². The molecule has 1 unspecified atom stereocenters. The van der Waals surface area contributed by atoms with Gasteiger partial charge < -0.3 is 20.9 Å². The Balaban J connectivity index is 1.53. The van der Waals surface area contributed by atoms with Gasteiger partial charge >= 0.3 is 0 Å². The number of carbonyl (C=O) groups is 1. The van der Waals surface area contributed by atoms with Gasteiger partial charge in [-0.05, 0) is 26.4 Å². The number of nitrogens with one attached hydrogen (secondary N) is 1. The predicted octanol–water partition coefficient (Wildman–Crippen LogP) is 0.0479. The molecule has 0 radical (unpaired) electrons. The highest BCUT2D eigenvalue weighted by Crippen LogP contribution is 2.19. The lowest BCUT2D eigenvalue weighted by Gasteiger charge is -2.36. The Morgan fingerprint density at radius 1 is 1.19 bits per heavy atom. The number of nitrogens with two attached hydrogens (primary N) is 1. The molecule has 3 rings (SSSR count). The molecule has 3 heterocycles. The normalized spacial score (nSPS) is 22.0. The average molecular weight is 376 g/mol. The smallest absolute Gasteiger partial charge is 0.225 e. The highest BCUT2D eigenvalue weighted by Gasteiger charge is 2.23. The van der Waals surface area contributed by atoms with E-state index in [9.17, 15) is 4.79 Å². The third-order valence-corrected chi connectivity index (χ3v) is 5.52. The van der Waals surface area contributed by atoms with Crippen molar-refractivity contribution < 1.29 is 4.79 Å². The average Bonchev–Trinajstić information content (AvgIpc) is 2.69. The van der Waals surface area contributed by atoms with Crippen LogP contribution in [0.1, 0.15) is 31.2 Å². The fraction of sp³-hybridized carbons (Fsp3) is 0.737. The Morgan fingerprint density at radius 3 is 2.63 bits per heavy atom. The van der Waals surface area contributed by atoms with E-state index >= 15 is 0 Å². The number of carbonyl (C=O) groups excluding carboxylic acids is 1. The van der Waals surface area contributed by atoms with Crippen LogP contribution in [-0.2, 0) is 11.3 Å². The fourth-order valence-corrected chi connectivity index (χ4v) is 3.78. The molecule has 8 heteroatoms. The molecule has 150 valence electrons. The third-order valence-electron chi connectivity index (χ3n) is 5.52. The topological polar surface area (TPSA) is 90.6 Å². The maximum Gasteiger partial charge on any atom is 0.225 e. The SMILES string of the molecule is CN1CCN(c2ncc(CN3CCCCC3CNC(=O)CCN)cn2)CC1. The summed E-state index contributed by atoms with van der Waals surface area (Å²) in [6.45, 7) is 7.04. The van der Waals surface area contributed by atoms with Gasteiger partial charge in [0.25, 0.3) is 0 Å². The lowest BCUT2D eigenvalue weighted by Crippen LogP contribution is -2.46. The molecule has 27 heavy (non-hydrogen) atoms. The molecule has 2 fully saturated rings. The molecule has 0 aliphatic carbocycles. The molecule has 1 aromatic heterocycles. The van der Waals surface area contributed by atoms with Crippen LogP contribution in [0, 0.1) is 0 Å². The molecule has 8 nitrogen and oxygen atoms in total. The molecule has 1 atom stereocenters. The number of anilines is 1. The number of hydrogen-bond acceptors (Lipinski definition) is 7. The summed E-state index contributed by atoms with van der Waals surface area (Å²) in [6, 6.07) is 0.373. The highest BCUT2D eigenvalue weighted by atomic mass is 16.1. The van der Waals surface area contributed by atoms with Gasteiger partial charge in [0.1, 0.15) is 0 Å². The highest BCUT2D eigenvalue weighted by molar-refractivity contribution is 5.76. The van der Waals surface area contributed by atoms with E-state index in [2.05, 4.69) is 37.0 Å². The van der Waals surface area contributed by atoms with E-state index < -0.39 is 0 Å². The number of aromatic nitrogens is 2. The summed E-state index contributed by atoms with van der Waals surface area (Å²) in [5, 5.41) is 3.02. The number of likely N-dealkylation sites (tertiary alicyclic amines) is 1. The number of piperidine rings is 1. The van der Waals surface area contributed by atoms with Gasteiger partial charge in [-0.2, -0.15) is 0 Å². The molecule has 0 bridgehead atoms. The van der Waals surface area contributed by atoms with E-state index in [0.29, 0.717) is 25.6 Å². The van der Waals surface area contributed by atoms with Gasteiger partial charge in [-0.1, -0.05) is 6.42 Å². The number of piperazine rings is 1. The molecule has 3 N–H and O–H groups in total. The molecule has 0 saturated carbocycles. The maximum absolute atomic E-state index is 11.7. The van der Waals surface area contributed by atoms with E-state index in [1.54, 1.807) is 0 Å². The molecular formula is C19H33N7O. The Kier molecular flexibility index (Phi) is 7.37. The Morgan fingerprint density at radius 2 is 1.93 bits per heavy atom. The van der Waals surface area contributed by atoms with Crippen molar-refractivity contribution in [3.63, 3.8) is 0 Å². The van der Waals surface area contributed by atoms with Crippen molar-refractivity contribution >= 4 is 11.9 Å². The number of amides is 1. The first kappa shape index (κ1) is 20.0. The van der Waals surface area contributed by atoms with Crippen LogP contribution < -0.4 is 16.0 Å². The van der Waals surface area contributed by atoms with Crippen LogP contribution in [0.25, 0.3) is 0 Å². The van der Waals surface area contributed by atoms with Crippen molar-refractivity contribution in [1.82, 2.24) is 25.1 Å². The second-order valence-corrected chi connectivity index (χ2v) is 7.64. The molecule has 2 aliphatic heterocycles. The summed E-state index contributed by atoms with van der Waals surface area (Å²) in [4.78, 5) is 27.9.